The first kappa shape index (κ1) is 15.3. The number of piperidine rings is 1. The number of nitrogens with two attached hydrogens (primary N) is 1. The number of rotatable bonds is 3. The molecule has 1 aromatic rings. The first-order chi connectivity index (χ1) is 9.37. The van der Waals surface area contributed by atoms with Crippen LogP contribution in [-0.4, -0.2) is 32.4 Å². The molecule has 1 fully saturated rings. The Morgan fingerprint density at radius 1 is 1.35 bits per heavy atom. The molecule has 0 aromatic heterocycles. The minimum absolute atomic E-state index is 0.00774. The second kappa shape index (κ2) is 5.75. The predicted molar refractivity (Wildman–Crippen MR) is 71.4 cm³/mol. The molecule has 0 amide bonds. The van der Waals surface area contributed by atoms with Gasteiger partial charge in [0, 0.05) is 13.1 Å². The Hall–Kier alpha value is -1.05. The molecule has 0 radical (unpaired) electrons. The largest absolute Gasteiger partial charge is 0.330 e. The summed E-state index contributed by atoms with van der Waals surface area (Å²) < 4.78 is 53.3. The van der Waals surface area contributed by atoms with Crippen LogP contribution in [0.1, 0.15) is 13.3 Å². The highest BCUT2D eigenvalue weighted by atomic mass is 32.2. The fourth-order valence-electron chi connectivity index (χ4n) is 2.50. The summed E-state index contributed by atoms with van der Waals surface area (Å²) in [7, 11) is -4.16. The zero-order valence-corrected chi connectivity index (χ0v) is 12.0. The molecule has 1 aliphatic rings. The smallest absolute Gasteiger partial charge is 0.248 e. The van der Waals surface area contributed by atoms with Gasteiger partial charge in [0.05, 0.1) is 0 Å². The van der Waals surface area contributed by atoms with Gasteiger partial charge in [-0.15, -0.1) is 0 Å². The van der Waals surface area contributed by atoms with Crippen molar-refractivity contribution in [3.63, 3.8) is 0 Å². The molecule has 20 heavy (non-hydrogen) atoms. The lowest BCUT2D eigenvalue weighted by atomic mass is 9.88. The number of nitrogens with zero attached hydrogens (tertiary/aromatic N) is 1. The molecule has 1 aliphatic heterocycles. The van der Waals surface area contributed by atoms with Gasteiger partial charge in [0.25, 0.3) is 0 Å². The van der Waals surface area contributed by atoms with Crippen molar-refractivity contribution in [1.82, 2.24) is 4.31 Å². The summed E-state index contributed by atoms with van der Waals surface area (Å²) in [5.74, 6) is -1.81. The van der Waals surface area contributed by atoms with Gasteiger partial charge in [0.1, 0.15) is 11.6 Å². The van der Waals surface area contributed by atoms with Gasteiger partial charge in [-0.1, -0.05) is 13.0 Å². The Morgan fingerprint density at radius 2 is 1.95 bits per heavy atom. The van der Waals surface area contributed by atoms with Crippen LogP contribution < -0.4 is 5.73 Å². The van der Waals surface area contributed by atoms with Crippen LogP contribution in [0.25, 0.3) is 0 Å². The molecule has 2 unspecified atom stereocenters. The van der Waals surface area contributed by atoms with Gasteiger partial charge in [-0.05, 0) is 36.9 Å². The van der Waals surface area contributed by atoms with E-state index in [2.05, 4.69) is 0 Å². The zero-order chi connectivity index (χ0) is 14.9. The van der Waals surface area contributed by atoms with Gasteiger partial charge < -0.3 is 5.73 Å². The fraction of sp³-hybridized carbons (Fsp3) is 0.538. The zero-order valence-electron chi connectivity index (χ0n) is 11.2. The van der Waals surface area contributed by atoms with Crippen LogP contribution >= 0.6 is 0 Å². The van der Waals surface area contributed by atoms with Gasteiger partial charge in [0.2, 0.25) is 10.0 Å². The second-order valence-electron chi connectivity index (χ2n) is 5.18. The third-order valence-corrected chi connectivity index (χ3v) is 5.81. The molecule has 7 heteroatoms. The third kappa shape index (κ3) is 2.70. The summed E-state index contributed by atoms with van der Waals surface area (Å²) in [5.41, 5.74) is 5.63. The molecular formula is C13H18F2N2O2S. The van der Waals surface area contributed by atoms with Gasteiger partial charge in [0.15, 0.2) is 4.90 Å². The molecule has 0 saturated carbocycles. The first-order valence-electron chi connectivity index (χ1n) is 6.52. The maximum atomic E-state index is 13.7. The number of hydrogen-bond donors (Lipinski definition) is 1. The summed E-state index contributed by atoms with van der Waals surface area (Å²) in [5, 5.41) is 0. The molecule has 0 bridgehead atoms. The molecule has 2 rings (SSSR count). The van der Waals surface area contributed by atoms with Gasteiger partial charge in [-0.25, -0.2) is 17.2 Å². The normalized spacial score (nSPS) is 24.8. The molecule has 1 saturated heterocycles. The van der Waals surface area contributed by atoms with Crippen LogP contribution in [0.15, 0.2) is 23.1 Å². The minimum Gasteiger partial charge on any atom is -0.330 e. The van der Waals surface area contributed by atoms with Gasteiger partial charge in [-0.3, -0.25) is 0 Å². The van der Waals surface area contributed by atoms with Crippen LogP contribution in [0.3, 0.4) is 0 Å². The summed E-state index contributed by atoms with van der Waals surface area (Å²) in [6, 6.07) is 3.04. The lowest BCUT2D eigenvalue weighted by Gasteiger charge is -2.35. The minimum atomic E-state index is -4.16. The van der Waals surface area contributed by atoms with E-state index in [1.165, 1.54) is 0 Å². The maximum absolute atomic E-state index is 13.7. The number of hydrogen-bond acceptors (Lipinski definition) is 3. The van der Waals surface area contributed by atoms with Crippen LogP contribution in [0.4, 0.5) is 8.78 Å². The van der Waals surface area contributed by atoms with E-state index in [0.29, 0.717) is 18.9 Å². The van der Waals surface area contributed by atoms with E-state index in [9.17, 15) is 17.2 Å². The SMILES string of the molecule is CC1CCN(S(=O)(=O)c2c(F)cccc2F)CC1CN. The lowest BCUT2D eigenvalue weighted by Crippen LogP contribution is -2.45. The first-order valence-corrected chi connectivity index (χ1v) is 7.96. The van der Waals surface area contributed by atoms with Crippen LogP contribution in [-0.2, 0) is 10.0 Å². The van der Waals surface area contributed by atoms with Crippen molar-refractivity contribution in [1.29, 1.82) is 0 Å². The molecule has 2 atom stereocenters. The Balaban J connectivity index is 2.36. The Morgan fingerprint density at radius 3 is 2.50 bits per heavy atom. The standard InChI is InChI=1S/C13H18F2N2O2S/c1-9-5-6-17(8-10(9)7-16)20(18,19)13-11(14)3-2-4-12(13)15/h2-4,9-10H,5-8,16H2,1H3. The average Bonchev–Trinajstić information content (AvgIpc) is 2.38. The van der Waals surface area contributed by atoms with Crippen molar-refractivity contribution < 1.29 is 17.2 Å². The predicted octanol–water partition coefficient (Wildman–Crippen LogP) is 1.57. The van der Waals surface area contributed by atoms with E-state index < -0.39 is 26.6 Å². The Kier molecular flexibility index (Phi) is 4.41. The van der Waals surface area contributed by atoms with Crippen molar-refractivity contribution in [2.24, 2.45) is 17.6 Å². The Labute approximate surface area is 117 Å². The van der Waals surface area contributed by atoms with E-state index in [1.54, 1.807) is 0 Å². The Bertz CT molecular complexity index is 572. The summed E-state index contributed by atoms with van der Waals surface area (Å²) in [6.07, 6.45) is 0.636. The third-order valence-electron chi connectivity index (χ3n) is 3.90. The molecule has 1 heterocycles. The summed E-state index contributed by atoms with van der Waals surface area (Å²) >= 11 is 0. The molecule has 1 aromatic carbocycles. The number of halogens is 2. The lowest BCUT2D eigenvalue weighted by molar-refractivity contribution is 0.202. The molecule has 0 aliphatic carbocycles. The van der Waals surface area contributed by atoms with E-state index >= 15 is 0 Å². The monoisotopic (exact) mass is 304 g/mol. The quantitative estimate of drug-likeness (QED) is 0.922. The number of benzene rings is 1. The van der Waals surface area contributed by atoms with Crippen molar-refractivity contribution in [3.8, 4) is 0 Å². The maximum Gasteiger partial charge on any atom is 0.248 e. The van der Waals surface area contributed by atoms with Crippen molar-refractivity contribution in [2.45, 2.75) is 18.2 Å². The average molecular weight is 304 g/mol. The van der Waals surface area contributed by atoms with E-state index in [-0.39, 0.29) is 19.0 Å². The highest BCUT2D eigenvalue weighted by Crippen LogP contribution is 2.29. The van der Waals surface area contributed by atoms with E-state index in [1.807, 2.05) is 6.92 Å². The number of sulfonamides is 1. The highest BCUT2D eigenvalue weighted by Gasteiger charge is 2.36. The van der Waals surface area contributed by atoms with Crippen molar-refractivity contribution in [3.05, 3.63) is 29.8 Å². The van der Waals surface area contributed by atoms with E-state index in [0.717, 1.165) is 22.5 Å². The summed E-state index contributed by atoms with van der Waals surface area (Å²) in [4.78, 5) is -0.870. The van der Waals surface area contributed by atoms with Gasteiger partial charge in [-0.2, -0.15) is 4.31 Å². The highest BCUT2D eigenvalue weighted by molar-refractivity contribution is 7.89. The van der Waals surface area contributed by atoms with Crippen LogP contribution in [0.5, 0.6) is 0 Å². The van der Waals surface area contributed by atoms with Crippen molar-refractivity contribution >= 4 is 10.0 Å². The molecule has 112 valence electrons. The molecule has 0 spiro atoms. The molecule has 4 nitrogen and oxygen atoms in total. The fourth-order valence-corrected chi connectivity index (χ4v) is 4.12. The van der Waals surface area contributed by atoms with E-state index in [4.69, 9.17) is 5.73 Å². The molecule has 2 N–H and O–H groups in total. The molecular weight excluding hydrogens is 286 g/mol. The van der Waals surface area contributed by atoms with Crippen LogP contribution in [0, 0.1) is 23.5 Å². The van der Waals surface area contributed by atoms with Crippen molar-refractivity contribution in [2.75, 3.05) is 19.6 Å². The second-order valence-corrected chi connectivity index (χ2v) is 7.05. The summed E-state index contributed by atoms with van der Waals surface area (Å²) in [6.45, 7) is 2.82. The topological polar surface area (TPSA) is 63.4 Å². The van der Waals surface area contributed by atoms with Crippen LogP contribution in [0.2, 0.25) is 0 Å². The van der Waals surface area contributed by atoms with Gasteiger partial charge >= 0.3 is 0 Å².